The first-order valence-electron chi connectivity index (χ1n) is 8.13. The van der Waals surface area contributed by atoms with Crippen molar-refractivity contribution in [3.63, 3.8) is 0 Å². The van der Waals surface area contributed by atoms with Crippen molar-refractivity contribution in [2.75, 3.05) is 0 Å². The summed E-state index contributed by atoms with van der Waals surface area (Å²) in [5.41, 5.74) is 1.44. The fourth-order valence-corrected chi connectivity index (χ4v) is 3.36. The second-order valence-corrected chi connectivity index (χ2v) is 6.06. The van der Waals surface area contributed by atoms with E-state index in [1.165, 1.54) is 61.3 Å². The molecule has 0 saturated heterocycles. The first-order chi connectivity index (χ1) is 9.93. The lowest BCUT2D eigenvalue weighted by atomic mass is 9.96. The number of hydrogen-bond acceptors (Lipinski definition) is 1. The van der Waals surface area contributed by atoms with Gasteiger partial charge in [-0.15, -0.1) is 12.4 Å². The van der Waals surface area contributed by atoms with E-state index in [0.717, 1.165) is 6.54 Å². The zero-order valence-corrected chi connectivity index (χ0v) is 13.5. The number of benzene rings is 2. The van der Waals surface area contributed by atoms with E-state index in [9.17, 15) is 0 Å². The molecule has 0 radical (unpaired) electrons. The second-order valence-electron chi connectivity index (χ2n) is 6.06. The Kier molecular flexibility index (Phi) is 6.53. The van der Waals surface area contributed by atoms with Gasteiger partial charge in [-0.05, 0) is 29.2 Å². The lowest BCUT2D eigenvalue weighted by Gasteiger charge is -2.21. The van der Waals surface area contributed by atoms with Crippen molar-refractivity contribution in [1.82, 2.24) is 5.32 Å². The molecule has 1 nitrogen and oxygen atoms in total. The van der Waals surface area contributed by atoms with E-state index in [1.807, 2.05) is 0 Å². The monoisotopic (exact) mass is 303 g/mol. The van der Waals surface area contributed by atoms with Gasteiger partial charge in [0.1, 0.15) is 0 Å². The predicted molar refractivity (Wildman–Crippen MR) is 94.1 cm³/mol. The summed E-state index contributed by atoms with van der Waals surface area (Å²) in [5.74, 6) is 0. The molecular formula is C19H26ClN. The number of nitrogens with one attached hydrogen (secondary N) is 1. The summed E-state index contributed by atoms with van der Waals surface area (Å²) in [7, 11) is 0. The molecule has 1 N–H and O–H groups in total. The van der Waals surface area contributed by atoms with Crippen LogP contribution in [0.25, 0.3) is 10.8 Å². The van der Waals surface area contributed by atoms with Crippen molar-refractivity contribution in [3.8, 4) is 0 Å². The van der Waals surface area contributed by atoms with Gasteiger partial charge in [-0.1, -0.05) is 74.6 Å². The average molecular weight is 304 g/mol. The van der Waals surface area contributed by atoms with E-state index < -0.39 is 0 Å². The summed E-state index contributed by atoms with van der Waals surface area (Å²) in [6.45, 7) is 1.01. The van der Waals surface area contributed by atoms with E-state index >= 15 is 0 Å². The van der Waals surface area contributed by atoms with Gasteiger partial charge in [-0.25, -0.2) is 0 Å². The highest BCUT2D eigenvalue weighted by molar-refractivity contribution is 5.85. The van der Waals surface area contributed by atoms with Crippen molar-refractivity contribution >= 4 is 23.2 Å². The normalized spacial score (nSPS) is 17.0. The third kappa shape index (κ3) is 4.46. The molecule has 0 aromatic heterocycles. The smallest absolute Gasteiger partial charge is 0.0214 e. The molecule has 0 bridgehead atoms. The largest absolute Gasteiger partial charge is 0.310 e. The van der Waals surface area contributed by atoms with Gasteiger partial charge in [0.25, 0.3) is 0 Å². The number of halogens is 1. The molecule has 0 unspecified atom stereocenters. The topological polar surface area (TPSA) is 12.0 Å². The van der Waals surface area contributed by atoms with Gasteiger partial charge >= 0.3 is 0 Å². The number of hydrogen-bond donors (Lipinski definition) is 1. The van der Waals surface area contributed by atoms with Crippen LogP contribution >= 0.6 is 12.4 Å². The maximum absolute atomic E-state index is 3.80. The van der Waals surface area contributed by atoms with E-state index in [1.54, 1.807) is 0 Å². The Hall–Kier alpha value is -1.05. The summed E-state index contributed by atoms with van der Waals surface area (Å²) in [6, 6.07) is 16.1. The van der Waals surface area contributed by atoms with Crippen LogP contribution in [0.15, 0.2) is 42.5 Å². The Morgan fingerprint density at radius 1 is 0.810 bits per heavy atom. The molecule has 2 heteroatoms. The third-order valence-electron chi connectivity index (χ3n) is 4.57. The van der Waals surface area contributed by atoms with Crippen LogP contribution in [0.4, 0.5) is 0 Å². The molecule has 21 heavy (non-hydrogen) atoms. The highest BCUT2D eigenvalue weighted by Crippen LogP contribution is 2.20. The minimum Gasteiger partial charge on any atom is -0.310 e. The maximum atomic E-state index is 3.80. The van der Waals surface area contributed by atoms with Crippen LogP contribution in [-0.2, 0) is 6.54 Å². The van der Waals surface area contributed by atoms with Gasteiger partial charge in [-0.2, -0.15) is 0 Å². The minimum absolute atomic E-state index is 0. The predicted octanol–water partition coefficient (Wildman–Crippen LogP) is 5.46. The molecule has 1 fully saturated rings. The van der Waals surface area contributed by atoms with E-state index in [0.29, 0.717) is 6.04 Å². The van der Waals surface area contributed by atoms with E-state index in [2.05, 4.69) is 47.8 Å². The van der Waals surface area contributed by atoms with Gasteiger partial charge in [0.2, 0.25) is 0 Å². The maximum Gasteiger partial charge on any atom is 0.0214 e. The van der Waals surface area contributed by atoms with Crippen LogP contribution in [0, 0.1) is 0 Å². The SMILES string of the molecule is Cl.c1ccc2c(CNC3CCCCCCC3)cccc2c1. The van der Waals surface area contributed by atoms with Crippen molar-refractivity contribution in [3.05, 3.63) is 48.0 Å². The van der Waals surface area contributed by atoms with Crippen LogP contribution in [0.3, 0.4) is 0 Å². The Bertz CT molecular complexity index is 539. The molecule has 0 heterocycles. The Balaban J connectivity index is 0.00000161. The van der Waals surface area contributed by atoms with Crippen LogP contribution in [0.1, 0.15) is 50.5 Å². The fraction of sp³-hybridized carbons (Fsp3) is 0.474. The molecule has 0 aliphatic heterocycles. The summed E-state index contributed by atoms with van der Waals surface area (Å²) in [4.78, 5) is 0. The number of rotatable bonds is 3. The molecular weight excluding hydrogens is 278 g/mol. The highest BCUT2D eigenvalue weighted by Gasteiger charge is 2.11. The van der Waals surface area contributed by atoms with Crippen LogP contribution < -0.4 is 5.32 Å². The zero-order chi connectivity index (χ0) is 13.6. The summed E-state index contributed by atoms with van der Waals surface area (Å²) < 4.78 is 0. The molecule has 1 saturated carbocycles. The molecule has 114 valence electrons. The van der Waals surface area contributed by atoms with Gasteiger partial charge in [-0.3, -0.25) is 0 Å². The summed E-state index contributed by atoms with van der Waals surface area (Å²) in [5, 5.41) is 6.55. The molecule has 1 aliphatic carbocycles. The minimum atomic E-state index is 0. The molecule has 1 aliphatic rings. The van der Waals surface area contributed by atoms with E-state index in [-0.39, 0.29) is 12.4 Å². The molecule has 2 aromatic rings. The van der Waals surface area contributed by atoms with Crippen LogP contribution in [0.5, 0.6) is 0 Å². The average Bonchev–Trinajstić information content (AvgIpc) is 2.46. The molecule has 2 aromatic carbocycles. The first kappa shape index (κ1) is 16.3. The summed E-state index contributed by atoms with van der Waals surface area (Å²) in [6.07, 6.45) is 9.78. The third-order valence-corrected chi connectivity index (χ3v) is 4.57. The standard InChI is InChI=1S/C19H25N.ClH/c1-2-4-12-18(13-5-3-1)20-15-17-11-8-10-16-9-6-7-14-19(16)17;/h6-11,14,18,20H,1-5,12-13,15H2;1H. The Morgan fingerprint density at radius 2 is 1.48 bits per heavy atom. The van der Waals surface area contributed by atoms with Gasteiger partial charge in [0.05, 0.1) is 0 Å². The fourth-order valence-electron chi connectivity index (χ4n) is 3.36. The van der Waals surface area contributed by atoms with Crippen molar-refractivity contribution in [2.45, 2.75) is 57.5 Å². The van der Waals surface area contributed by atoms with Gasteiger partial charge in [0.15, 0.2) is 0 Å². The lowest BCUT2D eigenvalue weighted by molar-refractivity contribution is 0.389. The molecule has 3 rings (SSSR count). The Labute approximate surface area is 134 Å². The van der Waals surface area contributed by atoms with Gasteiger partial charge < -0.3 is 5.32 Å². The molecule has 0 spiro atoms. The van der Waals surface area contributed by atoms with Crippen molar-refractivity contribution in [1.29, 1.82) is 0 Å². The zero-order valence-electron chi connectivity index (χ0n) is 12.7. The quantitative estimate of drug-likeness (QED) is 0.793. The molecule has 0 atom stereocenters. The molecule has 0 amide bonds. The first-order valence-corrected chi connectivity index (χ1v) is 8.13. The van der Waals surface area contributed by atoms with Crippen molar-refractivity contribution in [2.24, 2.45) is 0 Å². The Morgan fingerprint density at radius 3 is 2.29 bits per heavy atom. The lowest BCUT2D eigenvalue weighted by Crippen LogP contribution is -2.29. The van der Waals surface area contributed by atoms with Crippen LogP contribution in [0.2, 0.25) is 0 Å². The van der Waals surface area contributed by atoms with Gasteiger partial charge in [0, 0.05) is 12.6 Å². The number of fused-ring (bicyclic) bond motifs is 1. The van der Waals surface area contributed by atoms with Crippen molar-refractivity contribution < 1.29 is 0 Å². The summed E-state index contributed by atoms with van der Waals surface area (Å²) >= 11 is 0. The highest BCUT2D eigenvalue weighted by atomic mass is 35.5. The second kappa shape index (κ2) is 8.41. The van der Waals surface area contributed by atoms with Crippen LogP contribution in [-0.4, -0.2) is 6.04 Å². The van der Waals surface area contributed by atoms with E-state index in [4.69, 9.17) is 0 Å².